The van der Waals surface area contributed by atoms with E-state index in [4.69, 9.17) is 5.73 Å². The maximum Gasteiger partial charge on any atom is 0.0749 e. The van der Waals surface area contributed by atoms with Gasteiger partial charge in [0.1, 0.15) is 0 Å². The molecule has 0 amide bonds. The number of fused-ring (bicyclic) bond motifs is 1. The largest absolute Gasteiger partial charge is 0.324 e. The average molecular weight is 226 g/mol. The molecule has 2 nitrogen and oxygen atoms in total. The molecule has 17 heavy (non-hydrogen) atoms. The van der Waals surface area contributed by atoms with Gasteiger partial charge in [0.15, 0.2) is 0 Å². The SMILES string of the molecule is CC1(C)CC1C(N)c1cccc2cccnc12. The summed E-state index contributed by atoms with van der Waals surface area (Å²) in [6, 6.07) is 10.5. The highest BCUT2D eigenvalue weighted by Crippen LogP contribution is 2.57. The summed E-state index contributed by atoms with van der Waals surface area (Å²) in [6.45, 7) is 4.58. The highest BCUT2D eigenvalue weighted by atomic mass is 14.8. The maximum atomic E-state index is 6.40. The lowest BCUT2D eigenvalue weighted by molar-refractivity contribution is 0.493. The minimum Gasteiger partial charge on any atom is -0.324 e. The summed E-state index contributed by atoms with van der Waals surface area (Å²) >= 11 is 0. The number of hydrogen-bond donors (Lipinski definition) is 1. The maximum absolute atomic E-state index is 6.40. The van der Waals surface area contributed by atoms with Crippen molar-refractivity contribution in [3.05, 3.63) is 42.1 Å². The van der Waals surface area contributed by atoms with E-state index in [2.05, 4.69) is 43.1 Å². The van der Waals surface area contributed by atoms with Crippen molar-refractivity contribution in [3.63, 3.8) is 0 Å². The molecule has 1 aromatic carbocycles. The lowest BCUT2D eigenvalue weighted by Crippen LogP contribution is -2.16. The van der Waals surface area contributed by atoms with Gasteiger partial charge in [0.05, 0.1) is 5.52 Å². The number of para-hydroxylation sites is 1. The fourth-order valence-electron chi connectivity index (χ4n) is 2.73. The molecule has 0 aliphatic heterocycles. The van der Waals surface area contributed by atoms with Gasteiger partial charge in [-0.1, -0.05) is 38.1 Å². The van der Waals surface area contributed by atoms with Gasteiger partial charge in [-0.05, 0) is 29.4 Å². The number of benzene rings is 1. The van der Waals surface area contributed by atoms with E-state index in [0.717, 1.165) is 5.52 Å². The van der Waals surface area contributed by atoms with Crippen LogP contribution in [0, 0.1) is 11.3 Å². The molecule has 1 aliphatic rings. The normalized spacial score (nSPS) is 23.6. The second-order valence-electron chi connectivity index (χ2n) is 5.75. The molecule has 2 atom stereocenters. The summed E-state index contributed by atoms with van der Waals surface area (Å²) in [4.78, 5) is 4.48. The van der Waals surface area contributed by atoms with Crippen LogP contribution in [0.4, 0.5) is 0 Å². The van der Waals surface area contributed by atoms with E-state index in [1.165, 1.54) is 17.4 Å². The Balaban J connectivity index is 2.06. The van der Waals surface area contributed by atoms with E-state index in [9.17, 15) is 0 Å². The fourth-order valence-corrected chi connectivity index (χ4v) is 2.73. The highest BCUT2D eigenvalue weighted by Gasteiger charge is 2.49. The summed E-state index contributed by atoms with van der Waals surface area (Å²) in [5.74, 6) is 0.593. The molecule has 3 rings (SSSR count). The minimum absolute atomic E-state index is 0.114. The van der Waals surface area contributed by atoms with Gasteiger partial charge < -0.3 is 5.73 Å². The van der Waals surface area contributed by atoms with Crippen LogP contribution in [0.2, 0.25) is 0 Å². The molecule has 1 saturated carbocycles. The molecule has 0 radical (unpaired) electrons. The Bertz CT molecular complexity index is 554. The van der Waals surface area contributed by atoms with Crippen LogP contribution >= 0.6 is 0 Å². The first-order valence-corrected chi connectivity index (χ1v) is 6.19. The van der Waals surface area contributed by atoms with Crippen molar-refractivity contribution in [2.24, 2.45) is 17.1 Å². The molecule has 1 aromatic heterocycles. The molecule has 88 valence electrons. The third-order valence-electron chi connectivity index (χ3n) is 4.05. The molecule has 0 spiro atoms. The monoisotopic (exact) mass is 226 g/mol. The predicted molar refractivity (Wildman–Crippen MR) is 70.6 cm³/mol. The van der Waals surface area contributed by atoms with Crippen LogP contribution < -0.4 is 5.73 Å². The summed E-state index contributed by atoms with van der Waals surface area (Å²) in [7, 11) is 0. The van der Waals surface area contributed by atoms with Gasteiger partial charge in [0.25, 0.3) is 0 Å². The van der Waals surface area contributed by atoms with Gasteiger partial charge >= 0.3 is 0 Å². The van der Waals surface area contributed by atoms with Crippen molar-refractivity contribution in [2.45, 2.75) is 26.3 Å². The van der Waals surface area contributed by atoms with E-state index in [0.29, 0.717) is 11.3 Å². The molecule has 1 fully saturated rings. The van der Waals surface area contributed by atoms with Gasteiger partial charge in [-0.15, -0.1) is 0 Å². The summed E-state index contributed by atoms with van der Waals surface area (Å²) in [5.41, 5.74) is 9.05. The Labute approximate surface area is 102 Å². The highest BCUT2D eigenvalue weighted by molar-refractivity contribution is 5.82. The Morgan fingerprint density at radius 1 is 1.29 bits per heavy atom. The third kappa shape index (κ3) is 1.73. The molecular weight excluding hydrogens is 208 g/mol. The van der Waals surface area contributed by atoms with Crippen molar-refractivity contribution < 1.29 is 0 Å². The third-order valence-corrected chi connectivity index (χ3v) is 4.05. The Kier molecular flexibility index (Phi) is 2.23. The van der Waals surface area contributed by atoms with Gasteiger partial charge in [-0.25, -0.2) is 0 Å². The van der Waals surface area contributed by atoms with Crippen molar-refractivity contribution >= 4 is 10.9 Å². The molecule has 1 aliphatic carbocycles. The lowest BCUT2D eigenvalue weighted by atomic mass is 9.96. The predicted octanol–water partition coefficient (Wildman–Crippen LogP) is 3.28. The summed E-state index contributed by atoms with van der Waals surface area (Å²) < 4.78 is 0. The summed E-state index contributed by atoms with van der Waals surface area (Å²) in [6.07, 6.45) is 3.06. The molecule has 0 bridgehead atoms. The molecule has 2 heteroatoms. The number of rotatable bonds is 2. The molecule has 0 saturated heterocycles. The van der Waals surface area contributed by atoms with Crippen LogP contribution in [0.25, 0.3) is 10.9 Å². The van der Waals surface area contributed by atoms with Crippen molar-refractivity contribution in [1.82, 2.24) is 4.98 Å². The van der Waals surface area contributed by atoms with Crippen LogP contribution in [-0.2, 0) is 0 Å². The number of nitrogens with two attached hydrogens (primary N) is 1. The van der Waals surface area contributed by atoms with Crippen molar-refractivity contribution in [1.29, 1.82) is 0 Å². The fraction of sp³-hybridized carbons (Fsp3) is 0.400. The Morgan fingerprint density at radius 2 is 2.00 bits per heavy atom. The second kappa shape index (κ2) is 3.54. The van der Waals surface area contributed by atoms with Crippen LogP contribution in [-0.4, -0.2) is 4.98 Å². The van der Waals surface area contributed by atoms with Crippen LogP contribution in [0.3, 0.4) is 0 Å². The number of aromatic nitrogens is 1. The zero-order chi connectivity index (χ0) is 12.0. The molecule has 2 N–H and O–H groups in total. The first kappa shape index (κ1) is 10.7. The number of nitrogens with zero attached hydrogens (tertiary/aromatic N) is 1. The average Bonchev–Trinajstić information content (AvgIpc) is 2.97. The first-order valence-electron chi connectivity index (χ1n) is 6.19. The van der Waals surface area contributed by atoms with E-state index in [1.807, 2.05) is 12.3 Å². The van der Waals surface area contributed by atoms with Crippen molar-refractivity contribution in [3.8, 4) is 0 Å². The molecule has 2 unspecified atom stereocenters. The minimum atomic E-state index is 0.114. The van der Waals surface area contributed by atoms with Crippen LogP contribution in [0.5, 0.6) is 0 Å². The molecule has 1 heterocycles. The standard InChI is InChI=1S/C15H18N2/c1-15(2)9-12(15)13(16)11-7-3-5-10-6-4-8-17-14(10)11/h3-8,12-13H,9,16H2,1-2H3. The van der Waals surface area contributed by atoms with E-state index in [-0.39, 0.29) is 6.04 Å². The quantitative estimate of drug-likeness (QED) is 0.853. The lowest BCUT2D eigenvalue weighted by Gasteiger charge is -2.15. The van der Waals surface area contributed by atoms with E-state index < -0.39 is 0 Å². The first-order chi connectivity index (χ1) is 8.09. The van der Waals surface area contributed by atoms with Crippen LogP contribution in [0.1, 0.15) is 31.9 Å². The van der Waals surface area contributed by atoms with E-state index >= 15 is 0 Å². The smallest absolute Gasteiger partial charge is 0.0749 e. The zero-order valence-electron chi connectivity index (χ0n) is 10.4. The molecule has 2 aromatic rings. The topological polar surface area (TPSA) is 38.9 Å². The Hall–Kier alpha value is -1.41. The van der Waals surface area contributed by atoms with Crippen molar-refractivity contribution in [2.75, 3.05) is 0 Å². The zero-order valence-corrected chi connectivity index (χ0v) is 10.4. The second-order valence-corrected chi connectivity index (χ2v) is 5.75. The van der Waals surface area contributed by atoms with Gasteiger partial charge in [0, 0.05) is 17.6 Å². The van der Waals surface area contributed by atoms with E-state index in [1.54, 1.807) is 0 Å². The number of hydrogen-bond acceptors (Lipinski definition) is 2. The molecular formula is C15H18N2. The van der Waals surface area contributed by atoms with Gasteiger partial charge in [-0.3, -0.25) is 4.98 Å². The summed E-state index contributed by atoms with van der Waals surface area (Å²) in [5, 5.41) is 1.18. The van der Waals surface area contributed by atoms with Gasteiger partial charge in [0.2, 0.25) is 0 Å². The van der Waals surface area contributed by atoms with Gasteiger partial charge in [-0.2, -0.15) is 0 Å². The van der Waals surface area contributed by atoms with Crippen LogP contribution in [0.15, 0.2) is 36.5 Å². The Morgan fingerprint density at radius 3 is 2.71 bits per heavy atom. The number of pyridine rings is 1.